The number of halogens is 8. The van der Waals surface area contributed by atoms with Gasteiger partial charge in [0, 0.05) is 52.4 Å². The molecule has 1 aromatic carbocycles. The Balaban J connectivity index is -0.000000294. The van der Waals surface area contributed by atoms with Gasteiger partial charge in [0.25, 0.3) is 0 Å². The normalized spacial score (nSPS) is 17.4. The Morgan fingerprint density at radius 2 is 0.640 bits per heavy atom. The molecule has 2 saturated heterocycles. The fraction of sp³-hybridized carbons (Fsp3) is 0.812. The Bertz CT molecular complexity index is 657. The first kappa shape index (κ1) is 70.5. The molecule has 0 radical (unpaired) electrons. The molecule has 2 heterocycles. The molecule has 2 fully saturated rings. The van der Waals surface area contributed by atoms with Crippen molar-refractivity contribution in [3.05, 3.63) is 35.4 Å². The summed E-state index contributed by atoms with van der Waals surface area (Å²) < 4.78 is 0. The SMILES string of the molecule is Br.Br.Br.Br.Br.Br.Br.Br.O.O.c1cc(CCCN2CCCNCCNCCCNCC2)ccc1CCCN1CCCNCCNCCCNCC1. The van der Waals surface area contributed by atoms with Crippen LogP contribution in [0.25, 0.3) is 0 Å². The van der Waals surface area contributed by atoms with E-state index in [9.17, 15) is 0 Å². The van der Waals surface area contributed by atoms with Gasteiger partial charge in [-0.05, 0) is 128 Å². The smallest absolute Gasteiger partial charge is 0.0107 e. The van der Waals surface area contributed by atoms with Gasteiger partial charge in [-0.25, -0.2) is 0 Å². The number of benzene rings is 1. The fourth-order valence-corrected chi connectivity index (χ4v) is 5.67. The van der Waals surface area contributed by atoms with E-state index in [-0.39, 0.29) is 147 Å². The maximum Gasteiger partial charge on any atom is 0.0107 e. The van der Waals surface area contributed by atoms with Crippen LogP contribution >= 0.6 is 136 Å². The second kappa shape index (κ2) is 51.7. The lowest BCUT2D eigenvalue weighted by Crippen LogP contribution is -2.37. The first-order chi connectivity index (χ1) is 19.9. The summed E-state index contributed by atoms with van der Waals surface area (Å²) in [4.78, 5) is 5.33. The Kier molecular flexibility index (Phi) is 72.8. The predicted molar refractivity (Wildman–Crippen MR) is 261 cm³/mol. The second-order valence-electron chi connectivity index (χ2n) is 11.6. The number of nitrogens with one attached hydrogen (secondary N) is 6. The van der Waals surface area contributed by atoms with Crippen molar-refractivity contribution in [1.82, 2.24) is 41.7 Å². The van der Waals surface area contributed by atoms with E-state index in [4.69, 9.17) is 0 Å². The first-order valence-corrected chi connectivity index (χ1v) is 16.7. The van der Waals surface area contributed by atoms with Crippen molar-refractivity contribution in [2.45, 2.75) is 51.4 Å². The number of hydrogen-bond acceptors (Lipinski definition) is 8. The van der Waals surface area contributed by atoms with Crippen molar-refractivity contribution < 1.29 is 11.0 Å². The molecule has 1 aromatic rings. The van der Waals surface area contributed by atoms with E-state index in [1.165, 1.54) is 88.7 Å². The number of aryl methyl sites for hydroxylation is 2. The highest BCUT2D eigenvalue weighted by Crippen LogP contribution is 2.10. The highest BCUT2D eigenvalue weighted by molar-refractivity contribution is 8.93. The lowest BCUT2D eigenvalue weighted by molar-refractivity contribution is 0.264. The molecule has 0 saturated carbocycles. The molecule has 310 valence electrons. The van der Waals surface area contributed by atoms with Gasteiger partial charge in [-0.3, -0.25) is 0 Å². The third kappa shape index (κ3) is 38.9. The molecule has 18 heteroatoms. The predicted octanol–water partition coefficient (Wildman–Crippen LogP) is 4.25. The molecule has 2 aliphatic rings. The first-order valence-electron chi connectivity index (χ1n) is 16.7. The highest BCUT2D eigenvalue weighted by atomic mass is 79.9. The summed E-state index contributed by atoms with van der Waals surface area (Å²) in [6.07, 6.45) is 9.73. The lowest BCUT2D eigenvalue weighted by atomic mass is 10.0. The summed E-state index contributed by atoms with van der Waals surface area (Å²) in [5.74, 6) is 0. The van der Waals surface area contributed by atoms with Gasteiger partial charge in [0.15, 0.2) is 0 Å². The zero-order valence-electron chi connectivity index (χ0n) is 29.9. The van der Waals surface area contributed by atoms with Crippen molar-refractivity contribution in [3.8, 4) is 0 Å². The Hall–Kier alpha value is 2.66. The molecule has 10 nitrogen and oxygen atoms in total. The molecule has 0 atom stereocenters. The summed E-state index contributed by atoms with van der Waals surface area (Å²) in [6, 6.07) is 9.52. The molecule has 10 N–H and O–H groups in total. The van der Waals surface area contributed by atoms with E-state index in [2.05, 4.69) is 66.0 Å². The molecule has 0 bridgehead atoms. The Morgan fingerprint density at radius 3 is 0.960 bits per heavy atom. The van der Waals surface area contributed by atoms with Crippen molar-refractivity contribution in [2.75, 3.05) is 118 Å². The zero-order chi connectivity index (χ0) is 27.8. The van der Waals surface area contributed by atoms with E-state index >= 15 is 0 Å². The molecule has 0 spiro atoms. The quantitative estimate of drug-likeness (QED) is 0.227. The van der Waals surface area contributed by atoms with Gasteiger partial charge in [0.2, 0.25) is 0 Å². The van der Waals surface area contributed by atoms with Gasteiger partial charge in [0.05, 0.1) is 0 Å². The third-order valence-electron chi connectivity index (χ3n) is 8.14. The van der Waals surface area contributed by atoms with Crippen LogP contribution in [0.2, 0.25) is 0 Å². The van der Waals surface area contributed by atoms with Gasteiger partial charge in [-0.2, -0.15) is 0 Å². The summed E-state index contributed by atoms with van der Waals surface area (Å²) >= 11 is 0. The summed E-state index contributed by atoms with van der Waals surface area (Å²) in [6.45, 7) is 20.3. The third-order valence-corrected chi connectivity index (χ3v) is 8.14. The van der Waals surface area contributed by atoms with Crippen molar-refractivity contribution in [1.29, 1.82) is 0 Å². The summed E-state index contributed by atoms with van der Waals surface area (Å²) in [5, 5.41) is 21.5. The van der Waals surface area contributed by atoms with Gasteiger partial charge >= 0.3 is 0 Å². The summed E-state index contributed by atoms with van der Waals surface area (Å²) in [7, 11) is 0. The van der Waals surface area contributed by atoms with Crippen LogP contribution in [0.15, 0.2) is 24.3 Å². The topological polar surface area (TPSA) is 142 Å². The Morgan fingerprint density at radius 1 is 0.360 bits per heavy atom. The average Bonchev–Trinajstić information content (AvgIpc) is 2.97. The minimum atomic E-state index is 0. The summed E-state index contributed by atoms with van der Waals surface area (Å²) in [5.41, 5.74) is 2.98. The van der Waals surface area contributed by atoms with E-state index in [1.54, 1.807) is 0 Å². The maximum atomic E-state index is 3.63. The van der Waals surface area contributed by atoms with Crippen LogP contribution in [-0.2, 0) is 12.8 Å². The van der Waals surface area contributed by atoms with Crippen molar-refractivity contribution in [3.63, 3.8) is 0 Å². The van der Waals surface area contributed by atoms with E-state index < -0.39 is 0 Å². The number of nitrogens with zero attached hydrogens (tertiary/aromatic N) is 2. The average molecular weight is 1240 g/mol. The molecular weight excluding hydrogens is 1170 g/mol. The largest absolute Gasteiger partial charge is 0.412 e. The molecule has 50 heavy (non-hydrogen) atoms. The van der Waals surface area contributed by atoms with Crippen LogP contribution in [-0.4, -0.2) is 139 Å². The number of hydrogen-bond donors (Lipinski definition) is 6. The van der Waals surface area contributed by atoms with Crippen LogP contribution in [0, 0.1) is 0 Å². The van der Waals surface area contributed by atoms with Gasteiger partial charge in [-0.1, -0.05) is 24.3 Å². The highest BCUT2D eigenvalue weighted by Gasteiger charge is 2.08. The second-order valence-corrected chi connectivity index (χ2v) is 11.6. The molecular formula is C32H74Br8N8O2. The van der Waals surface area contributed by atoms with Crippen LogP contribution in [0.4, 0.5) is 0 Å². The minimum Gasteiger partial charge on any atom is -0.412 e. The van der Waals surface area contributed by atoms with Crippen LogP contribution in [0.5, 0.6) is 0 Å². The molecule has 0 aliphatic carbocycles. The van der Waals surface area contributed by atoms with E-state index in [0.29, 0.717) is 0 Å². The minimum absolute atomic E-state index is 0. The van der Waals surface area contributed by atoms with Crippen LogP contribution < -0.4 is 31.9 Å². The number of rotatable bonds is 8. The van der Waals surface area contributed by atoms with Crippen LogP contribution in [0.3, 0.4) is 0 Å². The van der Waals surface area contributed by atoms with Crippen LogP contribution in [0.1, 0.15) is 49.7 Å². The molecule has 3 rings (SSSR count). The molecule has 0 amide bonds. The van der Waals surface area contributed by atoms with E-state index in [0.717, 1.165) is 91.6 Å². The standard InChI is InChI=1S/C32H62N8.8BrH.2H2O/c1(25-39-27-5-17-35-21-19-33-13-3-15-37-23-29-39)7-31-9-11-32(12-10-31)8-2-26-40-28-6-18-36-22-20-34-14-4-16-38-24-30-40;;;;;;;;;;/h9-12,33-38H,1-8,13-30H2;8*1H;2*1H2. The lowest BCUT2D eigenvalue weighted by Gasteiger charge is -2.23. The fourth-order valence-electron chi connectivity index (χ4n) is 5.67. The zero-order valence-corrected chi connectivity index (χ0v) is 43.6. The molecule has 2 aliphatic heterocycles. The monoisotopic (exact) mass is 1230 g/mol. The van der Waals surface area contributed by atoms with Gasteiger partial charge < -0.3 is 52.7 Å². The molecule has 0 unspecified atom stereocenters. The van der Waals surface area contributed by atoms with Crippen molar-refractivity contribution in [2.24, 2.45) is 0 Å². The Labute approximate surface area is 389 Å². The van der Waals surface area contributed by atoms with Crippen molar-refractivity contribution >= 4 is 136 Å². The van der Waals surface area contributed by atoms with E-state index in [1.807, 2.05) is 0 Å². The van der Waals surface area contributed by atoms with Gasteiger partial charge in [-0.15, -0.1) is 136 Å². The van der Waals surface area contributed by atoms with Gasteiger partial charge in [0.1, 0.15) is 0 Å². The maximum absolute atomic E-state index is 3.63. The molecule has 0 aromatic heterocycles.